The summed E-state index contributed by atoms with van der Waals surface area (Å²) in [5.41, 5.74) is 0.818. The van der Waals surface area contributed by atoms with Crippen molar-refractivity contribution in [2.75, 3.05) is 18.4 Å². The molecule has 3 rings (SSSR count). The van der Waals surface area contributed by atoms with Crippen LogP contribution in [0, 0.1) is 0 Å². The van der Waals surface area contributed by atoms with Gasteiger partial charge < -0.3 is 15.5 Å². The summed E-state index contributed by atoms with van der Waals surface area (Å²) in [4.78, 5) is 15.2. The molecule has 1 aliphatic rings. The van der Waals surface area contributed by atoms with E-state index in [2.05, 4.69) is 35.1 Å². The molecule has 5 heteroatoms. The molecule has 4 nitrogen and oxygen atoms in total. The average molecular weight is 330 g/mol. The molecular formula is C18H24N3OS+. The highest BCUT2D eigenvalue weighted by Crippen LogP contribution is 2.21. The first kappa shape index (κ1) is 16.0. The van der Waals surface area contributed by atoms with Gasteiger partial charge in [-0.3, -0.25) is 0 Å². The van der Waals surface area contributed by atoms with E-state index in [-0.39, 0.29) is 12.1 Å². The summed E-state index contributed by atoms with van der Waals surface area (Å²) in [6.45, 7) is 4.49. The van der Waals surface area contributed by atoms with E-state index in [9.17, 15) is 4.79 Å². The molecule has 23 heavy (non-hydrogen) atoms. The van der Waals surface area contributed by atoms with Crippen LogP contribution < -0.4 is 15.5 Å². The van der Waals surface area contributed by atoms with Gasteiger partial charge in [0.1, 0.15) is 6.04 Å². The molecule has 2 aromatic rings. The van der Waals surface area contributed by atoms with Gasteiger partial charge in [-0.15, -0.1) is 11.3 Å². The van der Waals surface area contributed by atoms with Crippen molar-refractivity contribution in [2.24, 2.45) is 0 Å². The Hall–Kier alpha value is -1.85. The maximum Gasteiger partial charge on any atom is 0.319 e. The van der Waals surface area contributed by atoms with Crippen LogP contribution in [0.25, 0.3) is 0 Å². The average Bonchev–Trinajstić information content (AvgIpc) is 3.22. The van der Waals surface area contributed by atoms with Gasteiger partial charge in [-0.25, -0.2) is 4.79 Å². The topological polar surface area (TPSA) is 45.6 Å². The van der Waals surface area contributed by atoms with Crippen LogP contribution >= 0.6 is 11.3 Å². The molecule has 1 aromatic heterocycles. The fourth-order valence-electron chi connectivity index (χ4n) is 3.39. The van der Waals surface area contributed by atoms with Crippen LogP contribution in [0.2, 0.25) is 0 Å². The van der Waals surface area contributed by atoms with E-state index in [0.717, 1.165) is 5.69 Å². The van der Waals surface area contributed by atoms with Crippen LogP contribution in [0.15, 0.2) is 47.8 Å². The molecular weight excluding hydrogens is 306 g/mol. The van der Waals surface area contributed by atoms with Crippen molar-refractivity contribution in [3.8, 4) is 0 Å². The van der Waals surface area contributed by atoms with Crippen molar-refractivity contribution in [1.82, 2.24) is 5.32 Å². The first-order chi connectivity index (χ1) is 11.2. The van der Waals surface area contributed by atoms with Gasteiger partial charge >= 0.3 is 6.03 Å². The fraction of sp³-hybridized carbons (Fsp3) is 0.389. The number of nitrogens with one attached hydrogen (secondary N) is 3. The third-order valence-electron chi connectivity index (χ3n) is 4.43. The number of para-hydroxylation sites is 1. The molecule has 0 saturated carbocycles. The van der Waals surface area contributed by atoms with Crippen LogP contribution in [-0.4, -0.2) is 25.2 Å². The molecule has 3 N–H and O–H groups in total. The van der Waals surface area contributed by atoms with Crippen molar-refractivity contribution in [2.45, 2.75) is 31.8 Å². The molecule has 2 amide bonds. The number of hydrogen-bond donors (Lipinski definition) is 3. The second-order valence-electron chi connectivity index (χ2n) is 6.11. The third kappa shape index (κ3) is 4.12. The van der Waals surface area contributed by atoms with Crippen molar-refractivity contribution in [3.05, 3.63) is 52.7 Å². The van der Waals surface area contributed by atoms with Gasteiger partial charge in [-0.1, -0.05) is 24.3 Å². The molecule has 0 radical (unpaired) electrons. The molecule has 1 aliphatic heterocycles. The highest BCUT2D eigenvalue weighted by atomic mass is 32.1. The van der Waals surface area contributed by atoms with Crippen LogP contribution in [0.1, 0.15) is 30.7 Å². The van der Waals surface area contributed by atoms with E-state index in [4.69, 9.17) is 0 Å². The Morgan fingerprint density at radius 3 is 2.52 bits per heavy atom. The first-order valence-corrected chi connectivity index (χ1v) is 9.12. The third-order valence-corrected chi connectivity index (χ3v) is 5.38. The van der Waals surface area contributed by atoms with Gasteiger partial charge in [0.25, 0.3) is 0 Å². The molecule has 0 spiro atoms. The number of urea groups is 1. The van der Waals surface area contributed by atoms with E-state index in [1.165, 1.54) is 30.8 Å². The summed E-state index contributed by atoms with van der Waals surface area (Å²) in [5, 5.41) is 8.16. The number of anilines is 1. The van der Waals surface area contributed by atoms with Gasteiger partial charge in [0, 0.05) is 18.5 Å². The molecule has 122 valence electrons. The van der Waals surface area contributed by atoms with Crippen molar-refractivity contribution in [3.63, 3.8) is 0 Å². The molecule has 1 fully saturated rings. The fourth-order valence-corrected chi connectivity index (χ4v) is 4.38. The Labute approximate surface area is 141 Å². The van der Waals surface area contributed by atoms with Crippen LogP contribution in [0.4, 0.5) is 10.5 Å². The molecule has 0 bridgehead atoms. The molecule has 0 aliphatic carbocycles. The van der Waals surface area contributed by atoms with E-state index < -0.39 is 0 Å². The van der Waals surface area contributed by atoms with E-state index in [1.807, 2.05) is 30.3 Å². The van der Waals surface area contributed by atoms with Crippen molar-refractivity contribution >= 4 is 23.1 Å². The number of benzene rings is 1. The lowest BCUT2D eigenvalue weighted by atomic mass is 10.1. The standard InChI is InChI=1S/C18H23N3OS/c1-14(19-18(22)20-15-8-3-2-4-9-15)17(16-10-7-13-23-16)21-11-5-6-12-21/h2-4,7-10,13-14,17H,5-6,11-12H2,1H3,(H2,19,20,22)/p+1/t14-,17-/m1/s1. The second kappa shape index (κ2) is 7.62. The Morgan fingerprint density at radius 2 is 1.87 bits per heavy atom. The monoisotopic (exact) mass is 330 g/mol. The summed E-state index contributed by atoms with van der Waals surface area (Å²) in [5.74, 6) is 0. The Bertz CT molecular complexity index is 608. The number of thiophene rings is 1. The number of hydrogen-bond acceptors (Lipinski definition) is 2. The Balaban J connectivity index is 1.66. The molecule has 1 aromatic carbocycles. The smallest absolute Gasteiger partial charge is 0.319 e. The normalized spacial score (nSPS) is 17.6. The van der Waals surface area contributed by atoms with Gasteiger partial charge in [-0.2, -0.15) is 0 Å². The Kier molecular flexibility index (Phi) is 5.31. The number of carbonyl (C=O) groups is 1. The predicted molar refractivity (Wildman–Crippen MR) is 95.0 cm³/mol. The van der Waals surface area contributed by atoms with E-state index in [1.54, 1.807) is 16.2 Å². The first-order valence-electron chi connectivity index (χ1n) is 8.24. The van der Waals surface area contributed by atoms with Gasteiger partial charge in [0.05, 0.1) is 24.0 Å². The molecule has 2 atom stereocenters. The molecule has 0 unspecified atom stereocenters. The number of quaternary nitrogens is 1. The molecule has 1 saturated heterocycles. The van der Waals surface area contributed by atoms with Gasteiger partial charge in [0.2, 0.25) is 0 Å². The van der Waals surface area contributed by atoms with Crippen LogP contribution in [-0.2, 0) is 0 Å². The predicted octanol–water partition coefficient (Wildman–Crippen LogP) is 2.68. The van der Waals surface area contributed by atoms with E-state index >= 15 is 0 Å². The minimum absolute atomic E-state index is 0.0884. The summed E-state index contributed by atoms with van der Waals surface area (Å²) in [7, 11) is 0. The summed E-state index contributed by atoms with van der Waals surface area (Å²) in [6.07, 6.45) is 2.56. The highest BCUT2D eigenvalue weighted by molar-refractivity contribution is 7.10. The quantitative estimate of drug-likeness (QED) is 0.775. The van der Waals surface area contributed by atoms with Crippen LogP contribution in [0.3, 0.4) is 0 Å². The summed E-state index contributed by atoms with van der Waals surface area (Å²) >= 11 is 1.78. The maximum atomic E-state index is 12.3. The summed E-state index contributed by atoms with van der Waals surface area (Å²) in [6, 6.07) is 14.1. The second-order valence-corrected chi connectivity index (χ2v) is 7.09. The van der Waals surface area contributed by atoms with Crippen molar-refractivity contribution < 1.29 is 9.69 Å². The van der Waals surface area contributed by atoms with Gasteiger partial charge in [-0.05, 0) is 30.5 Å². The van der Waals surface area contributed by atoms with Crippen molar-refractivity contribution in [1.29, 1.82) is 0 Å². The lowest BCUT2D eigenvalue weighted by molar-refractivity contribution is -0.920. The number of carbonyl (C=O) groups excluding carboxylic acids is 1. The number of likely N-dealkylation sites (tertiary alicyclic amines) is 1. The lowest BCUT2D eigenvalue weighted by Crippen LogP contribution is -3.11. The number of amides is 2. The van der Waals surface area contributed by atoms with E-state index in [0.29, 0.717) is 6.04 Å². The lowest BCUT2D eigenvalue weighted by Gasteiger charge is -2.29. The maximum absolute atomic E-state index is 12.3. The largest absolute Gasteiger partial charge is 0.329 e. The van der Waals surface area contributed by atoms with Gasteiger partial charge in [0.15, 0.2) is 0 Å². The minimum Gasteiger partial charge on any atom is -0.329 e. The number of rotatable bonds is 5. The SMILES string of the molecule is C[C@@H](NC(=O)Nc1ccccc1)[C@H](c1cccs1)[NH+]1CCCC1. The zero-order valence-electron chi connectivity index (χ0n) is 13.4. The zero-order chi connectivity index (χ0) is 16.1. The van der Waals surface area contributed by atoms with Crippen LogP contribution in [0.5, 0.6) is 0 Å². The minimum atomic E-state index is -0.135. The highest BCUT2D eigenvalue weighted by Gasteiger charge is 2.33. The molecule has 2 heterocycles. The Morgan fingerprint density at radius 1 is 1.13 bits per heavy atom. The zero-order valence-corrected chi connectivity index (χ0v) is 14.2. The summed E-state index contributed by atoms with van der Waals surface area (Å²) < 4.78 is 0.